The monoisotopic (exact) mass is 600 g/mol. The molecule has 11 nitrogen and oxygen atoms in total. The van der Waals surface area contributed by atoms with E-state index in [-0.39, 0.29) is 49.0 Å². The maximum absolute atomic E-state index is 16.2. The molecule has 4 aromatic heterocycles. The van der Waals surface area contributed by atoms with Crippen molar-refractivity contribution in [2.45, 2.75) is 33.6 Å². The Labute approximate surface area is 250 Å². The van der Waals surface area contributed by atoms with Crippen LogP contribution < -0.4 is 16.1 Å². The molecule has 13 heteroatoms. The Morgan fingerprint density at radius 3 is 2.45 bits per heavy atom. The molecule has 6 rings (SSSR count). The molecule has 0 saturated carbocycles. The molecule has 0 unspecified atom stereocenters. The number of fused-ring (bicyclic) bond motifs is 2. The Morgan fingerprint density at radius 2 is 1.77 bits per heavy atom. The van der Waals surface area contributed by atoms with Gasteiger partial charge in [-0.2, -0.15) is 5.10 Å². The fourth-order valence-corrected chi connectivity index (χ4v) is 5.84. The Kier molecular flexibility index (Phi) is 7.10. The lowest BCUT2D eigenvalue weighted by Crippen LogP contribution is -2.58. The summed E-state index contributed by atoms with van der Waals surface area (Å²) in [6, 6.07) is 6.60. The molecule has 44 heavy (non-hydrogen) atoms. The van der Waals surface area contributed by atoms with E-state index in [0.29, 0.717) is 33.4 Å². The summed E-state index contributed by atoms with van der Waals surface area (Å²) >= 11 is 0. The van der Waals surface area contributed by atoms with Crippen molar-refractivity contribution in [2.75, 3.05) is 31.2 Å². The summed E-state index contributed by atoms with van der Waals surface area (Å²) in [5.74, 6) is -2.75. The van der Waals surface area contributed by atoms with Gasteiger partial charge in [0, 0.05) is 36.3 Å². The molecule has 0 aliphatic carbocycles. The molecule has 1 aliphatic rings. The van der Waals surface area contributed by atoms with E-state index in [0.717, 1.165) is 10.2 Å². The lowest BCUT2D eigenvalue weighted by Gasteiger charge is -2.36. The molecule has 0 bridgehead atoms. The van der Waals surface area contributed by atoms with Crippen LogP contribution in [-0.2, 0) is 4.79 Å². The first-order valence-electron chi connectivity index (χ1n) is 14.2. The number of halogens is 2. The average molecular weight is 601 g/mol. The third kappa shape index (κ3) is 4.55. The highest BCUT2D eigenvalue weighted by Gasteiger charge is 2.29. The highest BCUT2D eigenvalue weighted by molar-refractivity contribution is 5.96. The Hall–Kier alpha value is -5.20. The number of aromatic amines is 1. The van der Waals surface area contributed by atoms with E-state index in [1.54, 1.807) is 23.5 Å². The fourth-order valence-electron chi connectivity index (χ4n) is 5.84. The molecule has 5 aromatic rings. The summed E-state index contributed by atoms with van der Waals surface area (Å²) in [4.78, 5) is 50.7. The molecule has 0 atom stereocenters. The normalized spacial score (nSPS) is 13.8. The van der Waals surface area contributed by atoms with E-state index in [2.05, 4.69) is 21.8 Å². The molecule has 0 radical (unpaired) electrons. The van der Waals surface area contributed by atoms with Crippen LogP contribution in [0.1, 0.15) is 36.6 Å². The van der Waals surface area contributed by atoms with Crippen molar-refractivity contribution in [1.29, 1.82) is 0 Å². The van der Waals surface area contributed by atoms with Crippen LogP contribution in [0, 0.1) is 19.7 Å². The number of hydrogen-bond donors (Lipinski definition) is 1. The summed E-state index contributed by atoms with van der Waals surface area (Å²) in [5.41, 5.74) is 1.87. The molecule has 226 valence electrons. The van der Waals surface area contributed by atoms with Gasteiger partial charge >= 0.3 is 11.1 Å². The number of piperazine rings is 1. The number of hydrogen-bond acceptors (Lipinski definition) is 7. The van der Waals surface area contributed by atoms with E-state index < -0.39 is 28.7 Å². The summed E-state index contributed by atoms with van der Waals surface area (Å²) in [6.45, 7) is 10.8. The Balaban J connectivity index is 1.67. The van der Waals surface area contributed by atoms with E-state index in [9.17, 15) is 18.8 Å². The molecule has 5 heterocycles. The number of carbonyl (C=O) groups excluding carboxylic acids is 1. The first-order valence-corrected chi connectivity index (χ1v) is 14.2. The molecular formula is C31H30F2N8O3. The van der Waals surface area contributed by atoms with Crippen LogP contribution >= 0.6 is 0 Å². The van der Waals surface area contributed by atoms with Gasteiger partial charge in [-0.1, -0.05) is 26.5 Å². The van der Waals surface area contributed by atoms with E-state index in [1.165, 1.54) is 15.5 Å². The predicted octanol–water partition coefficient (Wildman–Crippen LogP) is 3.63. The largest absolute Gasteiger partial charge is 0.335 e. The number of aryl methyl sites for hydroxylation is 2. The first-order chi connectivity index (χ1) is 21.0. The number of H-pyrrole nitrogens is 1. The standard InChI is InChI=1S/C31H30F2N8O3/c1-16(2)25-27(18(4)8-9-34-25)40-28-23(14-21(33)26(36-28)24-17(3)6-7-22-20(24)15-35-37-22)41(31(44)30(40)43)39-12-10-38(11-13-39)29(42)19(5)32/h6-9,14-16H,5,10-13H2,1-4H3,(H,35,37). The summed E-state index contributed by atoms with van der Waals surface area (Å²) in [7, 11) is 0. The van der Waals surface area contributed by atoms with Crippen molar-refractivity contribution in [1.82, 2.24) is 34.3 Å². The fraction of sp³-hybridized carbons (Fsp3) is 0.290. The van der Waals surface area contributed by atoms with E-state index in [1.807, 2.05) is 39.8 Å². The van der Waals surface area contributed by atoms with Gasteiger partial charge in [0.05, 0.1) is 36.2 Å². The third-order valence-electron chi connectivity index (χ3n) is 8.01. The Bertz CT molecular complexity index is 2110. The van der Waals surface area contributed by atoms with Gasteiger partial charge in [-0.25, -0.2) is 18.4 Å². The zero-order chi connectivity index (χ0) is 31.4. The average Bonchev–Trinajstić information content (AvgIpc) is 3.47. The minimum atomic E-state index is -1.09. The summed E-state index contributed by atoms with van der Waals surface area (Å²) in [6.07, 6.45) is 3.23. The molecule has 0 spiro atoms. The van der Waals surface area contributed by atoms with Crippen molar-refractivity contribution >= 4 is 28.0 Å². The van der Waals surface area contributed by atoms with Crippen LogP contribution in [0.2, 0.25) is 0 Å². The molecule has 1 saturated heterocycles. The first kappa shape index (κ1) is 28.9. The lowest BCUT2D eigenvalue weighted by atomic mass is 10.0. The number of aromatic nitrogens is 6. The van der Waals surface area contributed by atoms with E-state index >= 15 is 4.39 Å². The van der Waals surface area contributed by atoms with Gasteiger partial charge in [-0.3, -0.25) is 29.0 Å². The number of nitrogens with zero attached hydrogens (tertiary/aromatic N) is 7. The van der Waals surface area contributed by atoms with Crippen molar-refractivity contribution in [3.05, 3.63) is 92.4 Å². The van der Waals surface area contributed by atoms with Crippen molar-refractivity contribution in [3.63, 3.8) is 0 Å². The van der Waals surface area contributed by atoms with Gasteiger partial charge in [0.15, 0.2) is 17.3 Å². The maximum Gasteiger partial charge on any atom is 0.335 e. The minimum absolute atomic E-state index is 0.00939. The van der Waals surface area contributed by atoms with Crippen LogP contribution in [0.4, 0.5) is 8.78 Å². The van der Waals surface area contributed by atoms with Gasteiger partial charge in [0.25, 0.3) is 5.91 Å². The zero-order valence-corrected chi connectivity index (χ0v) is 24.7. The molecule has 1 aromatic carbocycles. The van der Waals surface area contributed by atoms with Crippen LogP contribution in [0.25, 0.3) is 39.0 Å². The second-order valence-electron chi connectivity index (χ2n) is 11.2. The molecule has 1 N–H and O–H groups in total. The van der Waals surface area contributed by atoms with Crippen LogP contribution in [0.15, 0.2) is 58.7 Å². The number of pyridine rings is 2. The maximum atomic E-state index is 16.2. The summed E-state index contributed by atoms with van der Waals surface area (Å²) < 4.78 is 32.1. The van der Waals surface area contributed by atoms with Gasteiger partial charge in [-0.15, -0.1) is 0 Å². The van der Waals surface area contributed by atoms with Crippen molar-refractivity contribution < 1.29 is 13.6 Å². The van der Waals surface area contributed by atoms with Crippen LogP contribution in [0.3, 0.4) is 0 Å². The van der Waals surface area contributed by atoms with Crippen molar-refractivity contribution in [2.24, 2.45) is 0 Å². The molecule has 1 amide bonds. The number of amides is 1. The third-order valence-corrected chi connectivity index (χ3v) is 8.01. The number of rotatable bonds is 5. The lowest BCUT2D eigenvalue weighted by molar-refractivity contribution is -0.129. The summed E-state index contributed by atoms with van der Waals surface area (Å²) in [5, 5.41) is 9.20. The quantitative estimate of drug-likeness (QED) is 0.242. The van der Waals surface area contributed by atoms with Gasteiger partial charge in [0.2, 0.25) is 0 Å². The second-order valence-corrected chi connectivity index (χ2v) is 11.2. The van der Waals surface area contributed by atoms with Gasteiger partial charge in [0.1, 0.15) is 11.2 Å². The minimum Gasteiger partial charge on any atom is -0.333 e. The van der Waals surface area contributed by atoms with Crippen LogP contribution in [-0.4, -0.2) is 66.4 Å². The molecule has 1 fully saturated rings. The Morgan fingerprint density at radius 1 is 1.05 bits per heavy atom. The van der Waals surface area contributed by atoms with Crippen LogP contribution in [0.5, 0.6) is 0 Å². The van der Waals surface area contributed by atoms with Crippen molar-refractivity contribution in [3.8, 4) is 16.9 Å². The van der Waals surface area contributed by atoms with E-state index in [4.69, 9.17) is 4.98 Å². The number of benzene rings is 1. The predicted molar refractivity (Wildman–Crippen MR) is 163 cm³/mol. The second kappa shape index (κ2) is 10.8. The highest BCUT2D eigenvalue weighted by atomic mass is 19.1. The molecule has 1 aliphatic heterocycles. The smallest absolute Gasteiger partial charge is 0.333 e. The zero-order valence-electron chi connectivity index (χ0n) is 24.7. The number of nitrogens with one attached hydrogen (secondary N) is 1. The van der Waals surface area contributed by atoms with Gasteiger partial charge < -0.3 is 9.91 Å². The van der Waals surface area contributed by atoms with Gasteiger partial charge in [-0.05, 0) is 43.0 Å². The topological polar surface area (TPSA) is 122 Å². The SMILES string of the molecule is C=C(F)C(=O)N1CCN(n2c(=O)c(=O)n(-c3c(C)ccnc3C(C)C)c3nc(-c4c(C)ccc5[nH]ncc45)c(F)cc32)CC1. The highest BCUT2D eigenvalue weighted by Crippen LogP contribution is 2.34. The molecular weight excluding hydrogens is 570 g/mol. The number of carbonyl (C=O) groups is 1.